The summed E-state index contributed by atoms with van der Waals surface area (Å²) in [6.07, 6.45) is 4.78. The van der Waals surface area contributed by atoms with E-state index in [-0.39, 0.29) is 40.9 Å². The van der Waals surface area contributed by atoms with Crippen molar-refractivity contribution in [1.82, 2.24) is 25.4 Å². The molecule has 10 heteroatoms. The maximum Gasteiger partial charge on any atom is 0.251 e. The molecule has 1 saturated heterocycles. The average Bonchev–Trinajstić information content (AvgIpc) is 3.35. The maximum atomic E-state index is 15.3. The highest BCUT2D eigenvalue weighted by Crippen LogP contribution is 2.33. The van der Waals surface area contributed by atoms with E-state index in [1.807, 2.05) is 20.8 Å². The van der Waals surface area contributed by atoms with Crippen molar-refractivity contribution in [3.8, 4) is 11.5 Å². The smallest absolute Gasteiger partial charge is 0.251 e. The number of ether oxygens (including phenoxy) is 1. The van der Waals surface area contributed by atoms with Gasteiger partial charge in [-0.05, 0) is 63.6 Å². The number of benzene rings is 2. The Labute approximate surface area is 225 Å². The summed E-state index contributed by atoms with van der Waals surface area (Å²) in [5.74, 6) is -0.275. The van der Waals surface area contributed by atoms with Crippen molar-refractivity contribution in [2.45, 2.75) is 45.7 Å². The second-order valence-corrected chi connectivity index (χ2v) is 10.7. The molecule has 3 heterocycles. The zero-order chi connectivity index (χ0) is 27.7. The molecule has 2 aromatic heterocycles. The molecule has 1 aliphatic heterocycles. The van der Waals surface area contributed by atoms with E-state index < -0.39 is 5.82 Å². The van der Waals surface area contributed by atoms with Crippen LogP contribution in [0.25, 0.3) is 10.9 Å². The van der Waals surface area contributed by atoms with Crippen LogP contribution in [0, 0.1) is 12.7 Å². The lowest BCUT2D eigenvalue weighted by atomic mass is 10.1. The molecule has 4 aromatic rings. The molecule has 3 N–H and O–H groups in total. The Hall–Kier alpha value is -4.31. The van der Waals surface area contributed by atoms with E-state index in [0.717, 1.165) is 13.1 Å². The van der Waals surface area contributed by atoms with Crippen LogP contribution in [0.4, 0.5) is 10.1 Å². The van der Waals surface area contributed by atoms with Gasteiger partial charge in [-0.1, -0.05) is 6.07 Å². The van der Waals surface area contributed by atoms with Gasteiger partial charge in [0, 0.05) is 42.0 Å². The highest BCUT2D eigenvalue weighted by atomic mass is 19.1. The minimum Gasteiger partial charge on any atom is -0.456 e. The zero-order valence-electron chi connectivity index (χ0n) is 22.3. The van der Waals surface area contributed by atoms with Gasteiger partial charge >= 0.3 is 0 Å². The van der Waals surface area contributed by atoms with Crippen molar-refractivity contribution in [3.05, 3.63) is 77.5 Å². The summed E-state index contributed by atoms with van der Waals surface area (Å²) in [6, 6.07) is 10.2. The molecule has 0 unspecified atom stereocenters. The number of nitrogens with one attached hydrogen (secondary N) is 3. The number of carbonyl (C=O) groups is 2. The van der Waals surface area contributed by atoms with Gasteiger partial charge in [-0.3, -0.25) is 19.3 Å². The molecular weight excluding hydrogens is 499 g/mol. The number of anilines is 1. The molecule has 1 fully saturated rings. The van der Waals surface area contributed by atoms with Crippen molar-refractivity contribution in [3.63, 3.8) is 0 Å². The van der Waals surface area contributed by atoms with Gasteiger partial charge in [-0.2, -0.15) is 5.10 Å². The number of amides is 2. The van der Waals surface area contributed by atoms with E-state index in [2.05, 4.69) is 26.0 Å². The molecule has 0 aliphatic carbocycles. The molecule has 39 heavy (non-hydrogen) atoms. The van der Waals surface area contributed by atoms with Gasteiger partial charge in [-0.15, -0.1) is 0 Å². The number of hydrogen-bond acceptors (Lipinski definition) is 6. The lowest BCUT2D eigenvalue weighted by molar-refractivity contribution is -0.115. The second-order valence-electron chi connectivity index (χ2n) is 10.7. The Kier molecular flexibility index (Phi) is 7.05. The third kappa shape index (κ3) is 5.75. The standard InChI is InChI=1S/C29H31FN6O3/c1-17-24(8-6-18(27(17)30)12-26(37)34-21-15-33-36(16-21)29(2,3)4)39-25-9-10-32-23-7-5-19(11-22(23)25)28(38)35-20-13-31-14-20/h5-11,15-16,20,31H,12-14H2,1-4H3,(H,34,37)(H,35,38). The van der Waals surface area contributed by atoms with E-state index in [1.54, 1.807) is 66.6 Å². The molecule has 2 aromatic carbocycles. The lowest BCUT2D eigenvalue weighted by Gasteiger charge is -2.27. The minimum absolute atomic E-state index is 0.116. The lowest BCUT2D eigenvalue weighted by Crippen LogP contribution is -2.56. The van der Waals surface area contributed by atoms with E-state index in [9.17, 15) is 9.59 Å². The van der Waals surface area contributed by atoms with Crippen LogP contribution in [0.3, 0.4) is 0 Å². The summed E-state index contributed by atoms with van der Waals surface area (Å²) in [5, 5.41) is 13.8. The number of aromatic nitrogens is 3. The fourth-order valence-electron chi connectivity index (χ4n) is 4.23. The van der Waals surface area contributed by atoms with Crippen LogP contribution in [-0.2, 0) is 16.8 Å². The van der Waals surface area contributed by atoms with Crippen molar-refractivity contribution < 1.29 is 18.7 Å². The van der Waals surface area contributed by atoms with Crippen LogP contribution in [0.1, 0.15) is 42.3 Å². The number of fused-ring (bicyclic) bond motifs is 1. The van der Waals surface area contributed by atoms with Gasteiger partial charge in [0.2, 0.25) is 5.91 Å². The molecule has 0 radical (unpaired) electrons. The monoisotopic (exact) mass is 530 g/mol. The average molecular weight is 531 g/mol. The van der Waals surface area contributed by atoms with Gasteiger partial charge in [-0.25, -0.2) is 4.39 Å². The van der Waals surface area contributed by atoms with Crippen LogP contribution in [-0.4, -0.2) is 45.7 Å². The first-order valence-corrected chi connectivity index (χ1v) is 12.8. The Morgan fingerprint density at radius 1 is 1.15 bits per heavy atom. The van der Waals surface area contributed by atoms with Gasteiger partial charge in [0.1, 0.15) is 17.3 Å². The molecule has 2 amide bonds. The number of hydrogen-bond donors (Lipinski definition) is 3. The number of nitrogens with zero attached hydrogens (tertiary/aromatic N) is 3. The first kappa shape index (κ1) is 26.3. The normalized spacial score (nSPS) is 13.7. The minimum atomic E-state index is -0.513. The van der Waals surface area contributed by atoms with Gasteiger partial charge in [0.15, 0.2) is 0 Å². The quantitative estimate of drug-likeness (QED) is 0.329. The number of carbonyl (C=O) groups excluding carboxylic acids is 2. The largest absolute Gasteiger partial charge is 0.456 e. The van der Waals surface area contributed by atoms with Gasteiger partial charge in [0.05, 0.1) is 35.4 Å². The molecule has 0 atom stereocenters. The van der Waals surface area contributed by atoms with Crippen LogP contribution in [0.5, 0.6) is 11.5 Å². The molecule has 1 aliphatic rings. The second kappa shape index (κ2) is 10.5. The summed E-state index contributed by atoms with van der Waals surface area (Å²) >= 11 is 0. The molecule has 9 nitrogen and oxygen atoms in total. The van der Waals surface area contributed by atoms with Gasteiger partial charge in [0.25, 0.3) is 5.91 Å². The molecule has 0 saturated carbocycles. The van der Waals surface area contributed by atoms with Crippen LogP contribution in [0.2, 0.25) is 0 Å². The summed E-state index contributed by atoms with van der Waals surface area (Å²) in [6.45, 7) is 9.12. The topological polar surface area (TPSA) is 110 Å². The van der Waals surface area contributed by atoms with Crippen molar-refractivity contribution >= 4 is 28.4 Å². The summed E-state index contributed by atoms with van der Waals surface area (Å²) < 4.78 is 23.2. The molecule has 5 rings (SSSR count). The number of rotatable bonds is 7. The maximum absolute atomic E-state index is 15.3. The van der Waals surface area contributed by atoms with E-state index in [0.29, 0.717) is 33.7 Å². The number of pyridine rings is 1. The van der Waals surface area contributed by atoms with E-state index in [1.165, 1.54) is 0 Å². The first-order valence-electron chi connectivity index (χ1n) is 12.8. The SMILES string of the molecule is Cc1c(Oc2ccnc3ccc(C(=O)NC4CNC4)cc23)ccc(CC(=O)Nc2cnn(C(C)(C)C)c2)c1F. The van der Waals surface area contributed by atoms with Gasteiger partial charge < -0.3 is 20.7 Å². The molecular formula is C29H31FN6O3. The van der Waals surface area contributed by atoms with Crippen LogP contribution in [0.15, 0.2) is 55.0 Å². The highest BCUT2D eigenvalue weighted by Gasteiger charge is 2.21. The zero-order valence-corrected chi connectivity index (χ0v) is 22.3. The Balaban J connectivity index is 1.32. The third-order valence-electron chi connectivity index (χ3n) is 6.62. The van der Waals surface area contributed by atoms with E-state index in [4.69, 9.17) is 4.74 Å². The number of halogens is 1. The van der Waals surface area contributed by atoms with Crippen LogP contribution >= 0.6 is 0 Å². The molecule has 0 bridgehead atoms. The summed E-state index contributed by atoms with van der Waals surface area (Å²) in [4.78, 5) is 29.6. The highest BCUT2D eigenvalue weighted by molar-refractivity contribution is 5.99. The molecule has 0 spiro atoms. The Morgan fingerprint density at radius 2 is 1.95 bits per heavy atom. The predicted molar refractivity (Wildman–Crippen MR) is 147 cm³/mol. The van der Waals surface area contributed by atoms with Crippen molar-refractivity contribution in [2.75, 3.05) is 18.4 Å². The van der Waals surface area contributed by atoms with Crippen molar-refractivity contribution in [1.29, 1.82) is 0 Å². The van der Waals surface area contributed by atoms with Crippen LogP contribution < -0.4 is 20.7 Å². The van der Waals surface area contributed by atoms with Crippen molar-refractivity contribution in [2.24, 2.45) is 0 Å². The summed E-state index contributed by atoms with van der Waals surface area (Å²) in [5.41, 5.74) is 2.00. The fraction of sp³-hybridized carbons (Fsp3) is 0.310. The summed E-state index contributed by atoms with van der Waals surface area (Å²) in [7, 11) is 0. The predicted octanol–water partition coefficient (Wildman–Crippen LogP) is 4.31. The molecule has 202 valence electrons. The fourth-order valence-corrected chi connectivity index (χ4v) is 4.23. The Bertz CT molecular complexity index is 1550. The Morgan fingerprint density at radius 3 is 2.64 bits per heavy atom. The van der Waals surface area contributed by atoms with E-state index >= 15 is 4.39 Å². The third-order valence-corrected chi connectivity index (χ3v) is 6.62. The first-order chi connectivity index (χ1) is 18.6.